The molecule has 5 rings (SSSR count). The van der Waals surface area contributed by atoms with Crippen molar-refractivity contribution in [2.45, 2.75) is 23.2 Å². The summed E-state index contributed by atoms with van der Waals surface area (Å²) < 4.78 is 8.07. The molecule has 26 heavy (non-hydrogen) atoms. The number of aromatic nitrogens is 1. The number of hydrogen-bond acceptors (Lipinski definition) is 2. The Bertz CT molecular complexity index is 1090. The maximum atomic E-state index is 5.77. The van der Waals surface area contributed by atoms with Crippen molar-refractivity contribution in [2.24, 2.45) is 0 Å². The Morgan fingerprint density at radius 1 is 0.962 bits per heavy atom. The number of fused-ring (bicyclic) bond motifs is 2. The van der Waals surface area contributed by atoms with Crippen molar-refractivity contribution in [3.63, 3.8) is 0 Å². The summed E-state index contributed by atoms with van der Waals surface area (Å²) in [5, 5.41) is 1.28. The van der Waals surface area contributed by atoms with Crippen LogP contribution < -0.4 is 5.46 Å². The van der Waals surface area contributed by atoms with Gasteiger partial charge in [0.05, 0.1) is 12.1 Å². The van der Waals surface area contributed by atoms with E-state index in [4.69, 9.17) is 4.65 Å². The molecule has 126 valence electrons. The number of benzene rings is 3. The summed E-state index contributed by atoms with van der Waals surface area (Å²) in [7, 11) is 0. The molecule has 0 fully saturated rings. The second-order valence-corrected chi connectivity index (χ2v) is 7.75. The van der Waals surface area contributed by atoms with Gasteiger partial charge in [-0.3, -0.25) is 0 Å². The Kier molecular flexibility index (Phi) is 3.88. The minimum atomic E-state index is 0.171. The minimum Gasteiger partial charge on any atom is -0.427 e. The van der Waals surface area contributed by atoms with Crippen LogP contribution in [0.2, 0.25) is 6.82 Å². The first-order valence-electron chi connectivity index (χ1n) is 8.87. The van der Waals surface area contributed by atoms with Crippen LogP contribution in [0.5, 0.6) is 0 Å². The summed E-state index contributed by atoms with van der Waals surface area (Å²) in [5.41, 5.74) is 5.03. The molecule has 0 saturated carbocycles. The fraction of sp³-hybridized carbons (Fsp3) is 0.0909. The first-order valence-corrected chi connectivity index (χ1v) is 9.69. The normalized spacial score (nSPS) is 13.3. The molecule has 0 spiro atoms. The monoisotopic (exact) mass is 355 g/mol. The van der Waals surface area contributed by atoms with Crippen LogP contribution in [0.4, 0.5) is 0 Å². The van der Waals surface area contributed by atoms with Crippen LogP contribution >= 0.6 is 11.8 Å². The first kappa shape index (κ1) is 15.8. The van der Waals surface area contributed by atoms with Gasteiger partial charge in [0.15, 0.2) is 0 Å². The molecule has 1 aliphatic rings. The molecular weight excluding hydrogens is 337 g/mol. The van der Waals surface area contributed by atoms with Crippen LogP contribution in [0, 0.1) is 0 Å². The Balaban J connectivity index is 1.64. The molecule has 0 amide bonds. The van der Waals surface area contributed by atoms with Gasteiger partial charge in [-0.05, 0) is 41.4 Å². The van der Waals surface area contributed by atoms with Crippen molar-refractivity contribution in [1.29, 1.82) is 0 Å². The van der Waals surface area contributed by atoms with E-state index >= 15 is 0 Å². The minimum absolute atomic E-state index is 0.171. The lowest BCUT2D eigenvalue weighted by molar-refractivity contribution is 0.333. The summed E-state index contributed by atoms with van der Waals surface area (Å²) in [4.78, 5) is 2.53. The Hall–Kier alpha value is -2.43. The molecule has 0 saturated heterocycles. The summed E-state index contributed by atoms with van der Waals surface area (Å²) in [6.07, 6.45) is 2.25. The van der Waals surface area contributed by atoms with E-state index in [1.54, 1.807) is 0 Å². The summed E-state index contributed by atoms with van der Waals surface area (Å²) in [5.74, 6) is 0. The summed E-state index contributed by atoms with van der Waals surface area (Å²) >= 11 is 1.81. The van der Waals surface area contributed by atoms with Crippen molar-refractivity contribution in [2.75, 3.05) is 0 Å². The van der Waals surface area contributed by atoms with Crippen molar-refractivity contribution in [3.05, 3.63) is 84.6 Å². The van der Waals surface area contributed by atoms with Crippen LogP contribution in [-0.4, -0.2) is 11.5 Å². The molecule has 1 aromatic heterocycles. The van der Waals surface area contributed by atoms with E-state index in [-0.39, 0.29) is 6.92 Å². The number of hydrogen-bond donors (Lipinski definition) is 0. The smallest absolute Gasteiger partial charge is 0.324 e. The van der Waals surface area contributed by atoms with Gasteiger partial charge in [-0.1, -0.05) is 61.0 Å². The van der Waals surface area contributed by atoms with Gasteiger partial charge >= 0.3 is 6.92 Å². The molecule has 1 aliphatic heterocycles. The van der Waals surface area contributed by atoms with Crippen LogP contribution in [0.15, 0.2) is 88.8 Å². The zero-order chi connectivity index (χ0) is 17.5. The quantitative estimate of drug-likeness (QED) is 0.473. The van der Waals surface area contributed by atoms with Gasteiger partial charge < -0.3 is 9.22 Å². The zero-order valence-electron chi connectivity index (χ0n) is 14.6. The molecule has 4 aromatic rings. The van der Waals surface area contributed by atoms with E-state index in [1.807, 2.05) is 11.8 Å². The molecule has 0 aliphatic carbocycles. The van der Waals surface area contributed by atoms with E-state index < -0.39 is 0 Å². The summed E-state index contributed by atoms with van der Waals surface area (Å²) in [6, 6.07) is 25.8. The number of para-hydroxylation sites is 1. The lowest BCUT2D eigenvalue weighted by atomic mass is 9.64. The number of rotatable bonds is 3. The van der Waals surface area contributed by atoms with E-state index in [0.717, 1.165) is 6.61 Å². The van der Waals surface area contributed by atoms with Gasteiger partial charge in [-0.25, -0.2) is 0 Å². The highest BCUT2D eigenvalue weighted by molar-refractivity contribution is 7.99. The highest BCUT2D eigenvalue weighted by Crippen LogP contribution is 2.36. The molecule has 0 bridgehead atoms. The average Bonchev–Trinajstić information content (AvgIpc) is 3.24. The molecule has 3 aromatic carbocycles. The second-order valence-electron chi connectivity index (χ2n) is 6.63. The Labute approximate surface area is 157 Å². The fourth-order valence-corrected chi connectivity index (χ4v) is 4.59. The van der Waals surface area contributed by atoms with E-state index in [9.17, 15) is 0 Å². The van der Waals surface area contributed by atoms with Gasteiger partial charge in [0.1, 0.15) is 0 Å². The largest absolute Gasteiger partial charge is 0.427 e. The third kappa shape index (κ3) is 2.66. The molecule has 0 radical (unpaired) electrons. The molecule has 0 unspecified atom stereocenters. The molecule has 0 atom stereocenters. The maximum Gasteiger partial charge on any atom is 0.324 e. The van der Waals surface area contributed by atoms with Gasteiger partial charge in [0.2, 0.25) is 0 Å². The molecule has 4 heteroatoms. The molecule has 2 heterocycles. The van der Waals surface area contributed by atoms with E-state index in [1.165, 1.54) is 37.4 Å². The SMILES string of the molecule is CB1OCc2ccc(-n3cc(Sc4ccccc4)c4ccccc43)cc21. The third-order valence-corrected chi connectivity index (χ3v) is 6.03. The van der Waals surface area contributed by atoms with Crippen molar-refractivity contribution in [1.82, 2.24) is 4.57 Å². The summed E-state index contributed by atoms with van der Waals surface area (Å²) in [6.45, 7) is 3.02. The predicted molar refractivity (Wildman–Crippen MR) is 110 cm³/mol. The van der Waals surface area contributed by atoms with Gasteiger partial charge in [-0.2, -0.15) is 0 Å². The number of nitrogens with zero attached hydrogens (tertiary/aromatic N) is 1. The highest BCUT2D eigenvalue weighted by Gasteiger charge is 2.23. The van der Waals surface area contributed by atoms with Gasteiger partial charge in [0.25, 0.3) is 0 Å². The maximum absolute atomic E-state index is 5.77. The lowest BCUT2D eigenvalue weighted by Gasteiger charge is -2.08. The van der Waals surface area contributed by atoms with Gasteiger partial charge in [-0.15, -0.1) is 0 Å². The third-order valence-electron chi connectivity index (χ3n) is 4.98. The molecule has 0 N–H and O–H groups in total. The van der Waals surface area contributed by atoms with Crippen LogP contribution in [0.25, 0.3) is 16.6 Å². The second kappa shape index (κ2) is 6.38. The predicted octanol–water partition coefficient (Wildman–Crippen LogP) is 5.14. The Morgan fingerprint density at radius 2 is 1.77 bits per heavy atom. The fourth-order valence-electron chi connectivity index (χ4n) is 3.61. The first-order chi connectivity index (χ1) is 12.8. The standard InChI is InChI=1S/C22H18BNOS/c1-23-20-13-17(12-11-16(20)15-25-23)24-14-22(19-9-5-6-10-21(19)24)26-18-7-3-2-4-8-18/h2-14H,15H2,1H3. The van der Waals surface area contributed by atoms with Crippen LogP contribution in [0.1, 0.15) is 5.56 Å². The van der Waals surface area contributed by atoms with Crippen molar-refractivity contribution in [3.8, 4) is 5.69 Å². The average molecular weight is 355 g/mol. The molecular formula is C22H18BNOS. The van der Waals surface area contributed by atoms with Crippen LogP contribution in [-0.2, 0) is 11.3 Å². The van der Waals surface area contributed by atoms with Gasteiger partial charge in [0, 0.05) is 27.1 Å². The van der Waals surface area contributed by atoms with E-state index in [0.29, 0.717) is 0 Å². The molecule has 2 nitrogen and oxygen atoms in total. The Morgan fingerprint density at radius 3 is 2.65 bits per heavy atom. The highest BCUT2D eigenvalue weighted by atomic mass is 32.2. The van der Waals surface area contributed by atoms with E-state index in [2.05, 4.69) is 90.4 Å². The topological polar surface area (TPSA) is 14.2 Å². The van der Waals surface area contributed by atoms with Crippen molar-refractivity contribution < 1.29 is 4.65 Å². The lowest BCUT2D eigenvalue weighted by Crippen LogP contribution is -2.24. The van der Waals surface area contributed by atoms with Crippen molar-refractivity contribution >= 4 is 35.0 Å². The zero-order valence-corrected chi connectivity index (χ0v) is 15.4. The van der Waals surface area contributed by atoms with Crippen LogP contribution in [0.3, 0.4) is 0 Å².